The highest BCUT2D eigenvalue weighted by atomic mass is 32.2. The summed E-state index contributed by atoms with van der Waals surface area (Å²) in [4.78, 5) is 22.5. The number of methoxy groups -OCH3 is 1. The molecule has 3 aromatic rings. The molecule has 0 aliphatic heterocycles. The number of carbonyl (C=O) groups is 1. The number of rotatable bonds is 7. The molecule has 138 valence electrons. The first kappa shape index (κ1) is 18.6. The molecule has 1 heterocycles. The zero-order valence-corrected chi connectivity index (χ0v) is 15.4. The summed E-state index contributed by atoms with van der Waals surface area (Å²) in [5, 5.41) is 19.4. The summed E-state index contributed by atoms with van der Waals surface area (Å²) in [6, 6.07) is 11.7. The molecule has 0 bridgehead atoms. The minimum atomic E-state index is -0.538. The van der Waals surface area contributed by atoms with Gasteiger partial charge < -0.3 is 9.15 Å². The van der Waals surface area contributed by atoms with Crippen molar-refractivity contribution >= 4 is 23.2 Å². The van der Waals surface area contributed by atoms with E-state index in [1.54, 1.807) is 7.11 Å². The molecule has 0 spiro atoms. The number of ketones is 1. The van der Waals surface area contributed by atoms with Gasteiger partial charge in [-0.3, -0.25) is 14.9 Å². The van der Waals surface area contributed by atoms with Crippen molar-refractivity contribution in [1.82, 2.24) is 10.2 Å². The number of Topliss-reactive ketones (excluding diaryl/α,β-unsaturated/α-hetero) is 1. The Bertz CT molecular complexity index is 985. The van der Waals surface area contributed by atoms with E-state index in [0.717, 1.165) is 23.1 Å². The van der Waals surface area contributed by atoms with Gasteiger partial charge in [-0.1, -0.05) is 12.1 Å². The molecule has 0 aliphatic rings. The summed E-state index contributed by atoms with van der Waals surface area (Å²) in [5.41, 5.74) is 1.06. The SMILES string of the molecule is COc1ccc(Cc2nnc(Sc3ccc(C(C)=O)cc3[N+](=O)[O-])o2)cc1. The van der Waals surface area contributed by atoms with Gasteiger partial charge >= 0.3 is 0 Å². The molecule has 8 nitrogen and oxygen atoms in total. The molecule has 0 saturated carbocycles. The average molecular weight is 385 g/mol. The van der Waals surface area contributed by atoms with E-state index in [2.05, 4.69) is 10.2 Å². The fourth-order valence-electron chi connectivity index (χ4n) is 2.33. The van der Waals surface area contributed by atoms with Crippen LogP contribution in [0.3, 0.4) is 0 Å². The third-order valence-corrected chi connectivity index (χ3v) is 4.63. The van der Waals surface area contributed by atoms with E-state index < -0.39 is 4.92 Å². The van der Waals surface area contributed by atoms with Crippen LogP contribution in [0.25, 0.3) is 0 Å². The number of carbonyl (C=O) groups excluding carboxylic acids is 1. The highest BCUT2D eigenvalue weighted by molar-refractivity contribution is 7.99. The number of nitro groups is 1. The van der Waals surface area contributed by atoms with Gasteiger partial charge in [0.25, 0.3) is 10.9 Å². The lowest BCUT2D eigenvalue weighted by Crippen LogP contribution is -1.97. The van der Waals surface area contributed by atoms with Crippen molar-refractivity contribution in [3.63, 3.8) is 0 Å². The van der Waals surface area contributed by atoms with Gasteiger partial charge in [0, 0.05) is 11.6 Å². The van der Waals surface area contributed by atoms with Gasteiger partial charge in [-0.05, 0) is 48.5 Å². The molecular formula is C18H15N3O5S. The van der Waals surface area contributed by atoms with Crippen LogP contribution in [0.4, 0.5) is 5.69 Å². The van der Waals surface area contributed by atoms with Crippen molar-refractivity contribution in [3.8, 4) is 5.75 Å². The molecule has 0 atom stereocenters. The van der Waals surface area contributed by atoms with Gasteiger partial charge in [0.2, 0.25) is 5.89 Å². The van der Waals surface area contributed by atoms with E-state index in [1.807, 2.05) is 24.3 Å². The molecule has 27 heavy (non-hydrogen) atoms. The number of benzene rings is 2. The zero-order valence-electron chi connectivity index (χ0n) is 14.5. The lowest BCUT2D eigenvalue weighted by molar-refractivity contribution is -0.387. The normalized spacial score (nSPS) is 10.6. The maximum absolute atomic E-state index is 11.4. The van der Waals surface area contributed by atoms with Crippen molar-refractivity contribution in [3.05, 3.63) is 69.6 Å². The topological polar surface area (TPSA) is 108 Å². The van der Waals surface area contributed by atoms with Gasteiger partial charge in [-0.15, -0.1) is 10.2 Å². The van der Waals surface area contributed by atoms with Crippen LogP contribution in [0.2, 0.25) is 0 Å². The predicted octanol–water partition coefficient (Wildman–Crippen LogP) is 3.93. The maximum Gasteiger partial charge on any atom is 0.284 e. The second-order valence-electron chi connectivity index (χ2n) is 5.58. The van der Waals surface area contributed by atoms with Crippen LogP contribution in [0.1, 0.15) is 28.7 Å². The molecular weight excluding hydrogens is 370 g/mol. The van der Waals surface area contributed by atoms with E-state index in [9.17, 15) is 14.9 Å². The largest absolute Gasteiger partial charge is 0.497 e. The number of ether oxygens (including phenoxy) is 1. The van der Waals surface area contributed by atoms with Crippen molar-refractivity contribution in [2.45, 2.75) is 23.5 Å². The van der Waals surface area contributed by atoms with Gasteiger partial charge in [0.15, 0.2) is 5.78 Å². The summed E-state index contributed by atoms with van der Waals surface area (Å²) in [6.45, 7) is 1.36. The first-order valence-electron chi connectivity index (χ1n) is 7.89. The summed E-state index contributed by atoms with van der Waals surface area (Å²) in [6.07, 6.45) is 0.433. The van der Waals surface area contributed by atoms with Crippen LogP contribution in [-0.4, -0.2) is 28.0 Å². The quantitative estimate of drug-likeness (QED) is 0.342. The van der Waals surface area contributed by atoms with E-state index in [1.165, 1.54) is 25.1 Å². The minimum absolute atomic E-state index is 0.178. The lowest BCUT2D eigenvalue weighted by atomic mass is 10.1. The first-order chi connectivity index (χ1) is 13.0. The van der Waals surface area contributed by atoms with Crippen molar-refractivity contribution in [1.29, 1.82) is 0 Å². The molecule has 0 radical (unpaired) electrons. The molecule has 1 aromatic heterocycles. The van der Waals surface area contributed by atoms with E-state index >= 15 is 0 Å². The predicted molar refractivity (Wildman–Crippen MR) is 97.3 cm³/mol. The Labute approximate surface area is 158 Å². The molecule has 0 fully saturated rings. The Hall–Kier alpha value is -3.20. The lowest BCUT2D eigenvalue weighted by Gasteiger charge is -2.02. The highest BCUT2D eigenvalue weighted by Crippen LogP contribution is 2.35. The Morgan fingerprint density at radius 1 is 1.22 bits per heavy atom. The first-order valence-corrected chi connectivity index (χ1v) is 8.70. The van der Waals surface area contributed by atoms with Crippen LogP contribution < -0.4 is 4.74 Å². The summed E-state index contributed by atoms with van der Waals surface area (Å²) in [7, 11) is 1.60. The molecule has 0 amide bonds. The maximum atomic E-state index is 11.4. The van der Waals surface area contributed by atoms with Crippen LogP contribution in [0.5, 0.6) is 5.75 Å². The molecule has 0 N–H and O–H groups in total. The summed E-state index contributed by atoms with van der Waals surface area (Å²) >= 11 is 0.987. The molecule has 3 rings (SSSR count). The number of hydrogen-bond donors (Lipinski definition) is 0. The fourth-order valence-corrected chi connectivity index (χ4v) is 3.11. The standard InChI is InChI=1S/C18H15N3O5S/c1-11(22)13-5-8-16(15(10-13)21(23)24)27-18-20-19-17(26-18)9-12-3-6-14(25-2)7-4-12/h3-8,10H,9H2,1-2H3. The minimum Gasteiger partial charge on any atom is -0.497 e. The van der Waals surface area contributed by atoms with Gasteiger partial charge in [0.05, 0.1) is 23.3 Å². The molecule has 0 unspecified atom stereocenters. The van der Waals surface area contributed by atoms with Crippen LogP contribution >= 0.6 is 11.8 Å². The Morgan fingerprint density at radius 2 is 1.96 bits per heavy atom. The number of hydrogen-bond acceptors (Lipinski definition) is 8. The van der Waals surface area contributed by atoms with E-state index in [4.69, 9.17) is 9.15 Å². The molecule has 0 aliphatic carbocycles. The van der Waals surface area contributed by atoms with E-state index in [0.29, 0.717) is 17.2 Å². The number of nitrogens with zero attached hydrogens (tertiary/aromatic N) is 3. The summed E-state index contributed by atoms with van der Waals surface area (Å²) in [5.74, 6) is 0.904. The Balaban J connectivity index is 1.77. The van der Waals surface area contributed by atoms with Crippen LogP contribution in [-0.2, 0) is 6.42 Å². The van der Waals surface area contributed by atoms with Crippen molar-refractivity contribution < 1.29 is 18.9 Å². The van der Waals surface area contributed by atoms with E-state index in [-0.39, 0.29) is 22.3 Å². The van der Waals surface area contributed by atoms with Crippen molar-refractivity contribution in [2.24, 2.45) is 0 Å². The Morgan fingerprint density at radius 3 is 2.59 bits per heavy atom. The van der Waals surface area contributed by atoms with Gasteiger partial charge in [-0.25, -0.2) is 0 Å². The summed E-state index contributed by atoms with van der Waals surface area (Å²) < 4.78 is 10.7. The van der Waals surface area contributed by atoms with Gasteiger partial charge in [0.1, 0.15) is 5.75 Å². The third-order valence-electron chi connectivity index (χ3n) is 3.72. The molecule has 9 heteroatoms. The molecule has 0 saturated heterocycles. The zero-order chi connectivity index (χ0) is 19.4. The van der Waals surface area contributed by atoms with Crippen molar-refractivity contribution in [2.75, 3.05) is 7.11 Å². The van der Waals surface area contributed by atoms with Crippen LogP contribution in [0, 0.1) is 10.1 Å². The van der Waals surface area contributed by atoms with Crippen LogP contribution in [0.15, 0.2) is 57.0 Å². The number of aromatic nitrogens is 2. The third kappa shape index (κ3) is 4.50. The fraction of sp³-hybridized carbons (Fsp3) is 0.167. The second-order valence-corrected chi connectivity index (χ2v) is 6.58. The number of nitro benzene ring substituents is 1. The highest BCUT2D eigenvalue weighted by Gasteiger charge is 2.19. The second kappa shape index (κ2) is 8.00. The molecule has 2 aromatic carbocycles. The monoisotopic (exact) mass is 385 g/mol. The van der Waals surface area contributed by atoms with Gasteiger partial charge in [-0.2, -0.15) is 0 Å². The average Bonchev–Trinajstić information content (AvgIpc) is 3.09. The Kier molecular flexibility index (Phi) is 5.51. The smallest absolute Gasteiger partial charge is 0.284 e.